The molecule has 0 spiro atoms. The average Bonchev–Trinajstić information content (AvgIpc) is 3.06. The van der Waals surface area contributed by atoms with Crippen LogP contribution in [-0.2, 0) is 6.54 Å². The van der Waals surface area contributed by atoms with Gasteiger partial charge in [0.1, 0.15) is 0 Å². The minimum atomic E-state index is 0.297. The first-order valence-electron chi connectivity index (χ1n) is 9.17. The summed E-state index contributed by atoms with van der Waals surface area (Å²) in [4.78, 5) is 4.93. The van der Waals surface area contributed by atoms with E-state index in [2.05, 4.69) is 32.4 Å². The van der Waals surface area contributed by atoms with Gasteiger partial charge in [-0.25, -0.2) is 0 Å². The number of hydrogen-bond acceptors (Lipinski definition) is 6. The predicted molar refractivity (Wildman–Crippen MR) is 91.6 cm³/mol. The molecule has 0 amide bonds. The second kappa shape index (κ2) is 7.62. The van der Waals surface area contributed by atoms with Crippen molar-refractivity contribution in [3.8, 4) is 0 Å². The molecule has 1 aromatic heterocycles. The van der Waals surface area contributed by atoms with E-state index in [1.807, 2.05) is 7.05 Å². The van der Waals surface area contributed by atoms with E-state index in [0.717, 1.165) is 6.54 Å². The molecule has 0 atom stereocenters. The van der Waals surface area contributed by atoms with Crippen LogP contribution in [0.25, 0.3) is 0 Å². The van der Waals surface area contributed by atoms with Crippen LogP contribution in [0.4, 0.5) is 6.01 Å². The molecular weight excluding hydrogens is 290 g/mol. The smallest absolute Gasteiger partial charge is 0.317 e. The summed E-state index contributed by atoms with van der Waals surface area (Å²) in [6, 6.07) is 0.650. The minimum absolute atomic E-state index is 0.297. The number of piperidine rings is 1. The molecule has 1 aromatic rings. The topological polar surface area (TPSA) is 57.4 Å². The van der Waals surface area contributed by atoms with Crippen molar-refractivity contribution < 1.29 is 4.42 Å². The zero-order chi connectivity index (χ0) is 16.1. The maximum Gasteiger partial charge on any atom is 0.317 e. The van der Waals surface area contributed by atoms with E-state index in [1.54, 1.807) is 0 Å². The van der Waals surface area contributed by atoms with E-state index in [1.165, 1.54) is 64.5 Å². The Morgan fingerprint density at radius 3 is 2.48 bits per heavy atom. The Hall–Kier alpha value is -1.14. The van der Waals surface area contributed by atoms with Crippen molar-refractivity contribution in [1.29, 1.82) is 0 Å². The third-order valence-electron chi connectivity index (χ3n) is 5.45. The van der Waals surface area contributed by atoms with Gasteiger partial charge in [0.15, 0.2) is 0 Å². The first kappa shape index (κ1) is 16.7. The highest BCUT2D eigenvalue weighted by Gasteiger charge is 2.39. The summed E-state index contributed by atoms with van der Waals surface area (Å²) < 4.78 is 5.78. The number of likely N-dealkylation sites (tertiary alicyclic amines) is 1. The van der Waals surface area contributed by atoms with Crippen molar-refractivity contribution in [2.75, 3.05) is 38.6 Å². The van der Waals surface area contributed by atoms with Crippen molar-refractivity contribution in [2.24, 2.45) is 0 Å². The van der Waals surface area contributed by atoms with E-state index in [4.69, 9.17) is 4.42 Å². The molecule has 0 radical (unpaired) electrons. The molecular formula is C17H31N5O. The van der Waals surface area contributed by atoms with Gasteiger partial charge in [-0.1, -0.05) is 30.8 Å². The van der Waals surface area contributed by atoms with Crippen LogP contribution in [-0.4, -0.2) is 54.4 Å². The quantitative estimate of drug-likeness (QED) is 0.868. The van der Waals surface area contributed by atoms with Gasteiger partial charge in [-0.2, -0.15) is 0 Å². The summed E-state index contributed by atoms with van der Waals surface area (Å²) in [5, 5.41) is 11.4. The lowest BCUT2D eigenvalue weighted by Gasteiger charge is -2.49. The number of nitrogens with one attached hydrogen (secondary N) is 1. The van der Waals surface area contributed by atoms with Crippen LogP contribution < -0.4 is 10.2 Å². The molecule has 0 aromatic carbocycles. The lowest BCUT2D eigenvalue weighted by Crippen LogP contribution is -2.57. The molecule has 1 N–H and O–H groups in total. The van der Waals surface area contributed by atoms with Crippen molar-refractivity contribution in [3.63, 3.8) is 0 Å². The Bertz CT molecular complexity index is 477. The molecule has 1 aliphatic heterocycles. The fraction of sp³-hybridized carbons (Fsp3) is 0.882. The molecule has 1 aliphatic carbocycles. The first-order chi connectivity index (χ1) is 11.2. The van der Waals surface area contributed by atoms with Crippen LogP contribution in [0.3, 0.4) is 0 Å². The van der Waals surface area contributed by atoms with E-state index >= 15 is 0 Å². The third kappa shape index (κ3) is 3.86. The Balaban J connectivity index is 1.71. The second-order valence-electron chi connectivity index (χ2n) is 7.20. The van der Waals surface area contributed by atoms with E-state index < -0.39 is 0 Å². The van der Waals surface area contributed by atoms with Gasteiger partial charge in [-0.05, 0) is 45.8 Å². The molecule has 2 aliphatic rings. The first-order valence-corrected chi connectivity index (χ1v) is 9.17. The van der Waals surface area contributed by atoms with Gasteiger partial charge in [-0.3, -0.25) is 4.90 Å². The monoisotopic (exact) mass is 321 g/mol. The highest BCUT2D eigenvalue weighted by atomic mass is 16.4. The van der Waals surface area contributed by atoms with Gasteiger partial charge < -0.3 is 14.6 Å². The van der Waals surface area contributed by atoms with E-state index in [-0.39, 0.29) is 0 Å². The van der Waals surface area contributed by atoms with Crippen LogP contribution in [0.15, 0.2) is 4.42 Å². The van der Waals surface area contributed by atoms with Crippen molar-refractivity contribution in [3.05, 3.63) is 5.89 Å². The van der Waals surface area contributed by atoms with Crippen molar-refractivity contribution in [1.82, 2.24) is 20.4 Å². The van der Waals surface area contributed by atoms with Gasteiger partial charge in [-0.15, -0.1) is 5.10 Å². The number of nitrogens with zero attached hydrogens (tertiary/aromatic N) is 4. The number of rotatable bonds is 6. The molecule has 130 valence electrons. The minimum Gasteiger partial charge on any atom is -0.407 e. The lowest BCUT2D eigenvalue weighted by molar-refractivity contribution is 0.0389. The Morgan fingerprint density at radius 2 is 1.78 bits per heavy atom. The van der Waals surface area contributed by atoms with E-state index in [0.29, 0.717) is 24.0 Å². The van der Waals surface area contributed by atoms with Crippen molar-refractivity contribution in [2.45, 2.75) is 63.5 Å². The Kier molecular flexibility index (Phi) is 5.54. The summed E-state index contributed by atoms with van der Waals surface area (Å²) in [6.45, 7) is 4.12. The summed E-state index contributed by atoms with van der Waals surface area (Å²) >= 11 is 0. The highest BCUT2D eigenvalue weighted by molar-refractivity contribution is 5.24. The molecule has 1 saturated heterocycles. The molecule has 23 heavy (non-hydrogen) atoms. The Morgan fingerprint density at radius 1 is 1.09 bits per heavy atom. The van der Waals surface area contributed by atoms with Gasteiger partial charge in [0, 0.05) is 19.1 Å². The fourth-order valence-electron chi connectivity index (χ4n) is 4.28. The van der Waals surface area contributed by atoms with Crippen LogP contribution >= 0.6 is 0 Å². The maximum atomic E-state index is 5.78. The largest absolute Gasteiger partial charge is 0.407 e. The van der Waals surface area contributed by atoms with Crippen LogP contribution in [0.2, 0.25) is 0 Å². The van der Waals surface area contributed by atoms with Gasteiger partial charge in [0.05, 0.1) is 6.54 Å². The Labute approximate surface area is 139 Å². The van der Waals surface area contributed by atoms with Crippen LogP contribution in [0.1, 0.15) is 57.3 Å². The van der Waals surface area contributed by atoms with Gasteiger partial charge >= 0.3 is 6.01 Å². The SMILES string of the molecule is CNCc1nnc(N(C)CC2(N3CCCCC3)CCCCC2)o1. The summed E-state index contributed by atoms with van der Waals surface area (Å²) in [5.74, 6) is 0.657. The maximum absolute atomic E-state index is 5.78. The zero-order valence-corrected chi connectivity index (χ0v) is 14.7. The molecule has 2 heterocycles. The molecule has 3 rings (SSSR count). The molecule has 0 bridgehead atoms. The molecule has 6 heteroatoms. The normalized spacial score (nSPS) is 22.2. The molecule has 2 fully saturated rings. The highest BCUT2D eigenvalue weighted by Crippen LogP contribution is 2.36. The predicted octanol–water partition coefficient (Wildman–Crippen LogP) is 2.41. The third-order valence-corrected chi connectivity index (χ3v) is 5.45. The second-order valence-corrected chi connectivity index (χ2v) is 7.20. The fourth-order valence-corrected chi connectivity index (χ4v) is 4.28. The van der Waals surface area contributed by atoms with E-state index in [9.17, 15) is 0 Å². The number of aromatic nitrogens is 2. The lowest BCUT2D eigenvalue weighted by atomic mass is 9.79. The molecule has 1 saturated carbocycles. The van der Waals surface area contributed by atoms with Crippen LogP contribution in [0, 0.1) is 0 Å². The van der Waals surface area contributed by atoms with Gasteiger partial charge in [0.25, 0.3) is 0 Å². The average molecular weight is 321 g/mol. The number of hydrogen-bond donors (Lipinski definition) is 1. The van der Waals surface area contributed by atoms with Gasteiger partial charge in [0.2, 0.25) is 5.89 Å². The van der Waals surface area contributed by atoms with Crippen LogP contribution in [0.5, 0.6) is 0 Å². The molecule has 6 nitrogen and oxygen atoms in total. The van der Waals surface area contributed by atoms with Crippen molar-refractivity contribution >= 4 is 6.01 Å². The summed E-state index contributed by atoms with van der Waals surface area (Å²) in [6.07, 6.45) is 10.8. The number of anilines is 1. The standard InChI is InChI=1S/C17H31N5O/c1-18-13-15-19-20-16(23-15)21(2)14-17(9-5-3-6-10-17)22-11-7-4-8-12-22/h18H,3-14H2,1-2H3. The molecule has 0 unspecified atom stereocenters. The number of likely N-dealkylation sites (N-methyl/N-ethyl adjacent to an activating group) is 1. The zero-order valence-electron chi connectivity index (χ0n) is 14.7. The summed E-state index contributed by atoms with van der Waals surface area (Å²) in [5.41, 5.74) is 0.297. The summed E-state index contributed by atoms with van der Waals surface area (Å²) in [7, 11) is 3.98.